The summed E-state index contributed by atoms with van der Waals surface area (Å²) in [7, 11) is 0. The lowest BCUT2D eigenvalue weighted by Crippen LogP contribution is -2.54. The van der Waals surface area contributed by atoms with Crippen LogP contribution >= 0.6 is 0 Å². The predicted molar refractivity (Wildman–Crippen MR) is 62.6 cm³/mol. The molecule has 1 aliphatic rings. The second-order valence-corrected chi connectivity index (χ2v) is 5.19. The molecular weight excluding hydrogens is 172 g/mol. The first-order chi connectivity index (χ1) is 6.59. The van der Waals surface area contributed by atoms with Crippen molar-refractivity contribution in [3.63, 3.8) is 0 Å². The average molecular weight is 198 g/mol. The van der Waals surface area contributed by atoms with Gasteiger partial charge in [-0.3, -0.25) is 4.90 Å². The smallest absolute Gasteiger partial charge is 0.0193 e. The molecule has 0 radical (unpaired) electrons. The maximum Gasteiger partial charge on any atom is 0.0193 e. The number of nitrogens with one attached hydrogen (secondary N) is 1. The SMILES string of the molecule is CC(C)CCCN1C[C@@H](C)NC[C@H]1C. The predicted octanol–water partition coefficient (Wildman–Crippen LogP) is 2.10. The minimum absolute atomic E-state index is 0.672. The van der Waals surface area contributed by atoms with Crippen molar-refractivity contribution in [1.29, 1.82) is 0 Å². The quantitative estimate of drug-likeness (QED) is 0.744. The molecule has 1 heterocycles. The van der Waals surface area contributed by atoms with E-state index in [-0.39, 0.29) is 0 Å². The van der Waals surface area contributed by atoms with Gasteiger partial charge in [-0.25, -0.2) is 0 Å². The van der Waals surface area contributed by atoms with Crippen molar-refractivity contribution in [2.24, 2.45) is 5.92 Å². The molecule has 0 aromatic carbocycles. The minimum atomic E-state index is 0.672. The Labute approximate surface area is 89.1 Å². The summed E-state index contributed by atoms with van der Waals surface area (Å²) in [6, 6.07) is 1.39. The molecule has 1 fully saturated rings. The lowest BCUT2D eigenvalue weighted by molar-refractivity contribution is 0.142. The zero-order valence-electron chi connectivity index (χ0n) is 10.2. The summed E-state index contributed by atoms with van der Waals surface area (Å²) < 4.78 is 0. The first-order valence-corrected chi connectivity index (χ1v) is 6.07. The second kappa shape index (κ2) is 5.72. The fourth-order valence-electron chi connectivity index (χ4n) is 2.11. The number of nitrogens with zero attached hydrogens (tertiary/aromatic N) is 1. The summed E-state index contributed by atoms with van der Waals surface area (Å²) in [4.78, 5) is 2.63. The molecule has 0 bridgehead atoms. The van der Waals surface area contributed by atoms with Crippen LogP contribution in [-0.2, 0) is 0 Å². The van der Waals surface area contributed by atoms with E-state index < -0.39 is 0 Å². The molecule has 1 saturated heterocycles. The molecule has 2 heteroatoms. The third-order valence-electron chi connectivity index (χ3n) is 3.12. The molecule has 14 heavy (non-hydrogen) atoms. The van der Waals surface area contributed by atoms with Crippen LogP contribution in [0.25, 0.3) is 0 Å². The lowest BCUT2D eigenvalue weighted by Gasteiger charge is -2.37. The number of rotatable bonds is 4. The van der Waals surface area contributed by atoms with Gasteiger partial charge in [-0.05, 0) is 39.2 Å². The molecular formula is C12H26N2. The van der Waals surface area contributed by atoms with E-state index in [0.29, 0.717) is 6.04 Å². The Bertz CT molecular complexity index is 156. The Morgan fingerprint density at radius 2 is 2.07 bits per heavy atom. The fourth-order valence-corrected chi connectivity index (χ4v) is 2.11. The summed E-state index contributed by atoms with van der Waals surface area (Å²) in [5.74, 6) is 0.852. The van der Waals surface area contributed by atoms with Crippen LogP contribution in [0.4, 0.5) is 0 Å². The summed E-state index contributed by atoms with van der Waals surface area (Å²) in [6.07, 6.45) is 2.72. The third kappa shape index (κ3) is 3.97. The van der Waals surface area contributed by atoms with Crippen molar-refractivity contribution in [3.8, 4) is 0 Å². The second-order valence-electron chi connectivity index (χ2n) is 5.19. The van der Waals surface area contributed by atoms with E-state index in [1.54, 1.807) is 0 Å². The highest BCUT2D eigenvalue weighted by molar-refractivity contribution is 4.81. The number of piperazine rings is 1. The summed E-state index contributed by atoms with van der Waals surface area (Å²) in [6.45, 7) is 12.9. The largest absolute Gasteiger partial charge is 0.311 e. The highest BCUT2D eigenvalue weighted by Crippen LogP contribution is 2.10. The maximum absolute atomic E-state index is 3.52. The standard InChI is InChI=1S/C12H26N2/c1-10(2)6-5-7-14-9-11(3)13-8-12(14)4/h10-13H,5-9H2,1-4H3/t11-,12-/m1/s1. The van der Waals surface area contributed by atoms with Crippen LogP contribution in [0.5, 0.6) is 0 Å². The Morgan fingerprint density at radius 1 is 1.36 bits per heavy atom. The van der Waals surface area contributed by atoms with Gasteiger partial charge in [0.05, 0.1) is 0 Å². The van der Waals surface area contributed by atoms with Crippen LogP contribution in [0.1, 0.15) is 40.5 Å². The normalized spacial score (nSPS) is 29.8. The maximum atomic E-state index is 3.52. The van der Waals surface area contributed by atoms with Crippen molar-refractivity contribution in [3.05, 3.63) is 0 Å². The van der Waals surface area contributed by atoms with Gasteiger partial charge >= 0.3 is 0 Å². The molecule has 0 saturated carbocycles. The molecule has 1 N–H and O–H groups in total. The van der Waals surface area contributed by atoms with Crippen LogP contribution in [-0.4, -0.2) is 36.6 Å². The van der Waals surface area contributed by atoms with Gasteiger partial charge in [0.25, 0.3) is 0 Å². The van der Waals surface area contributed by atoms with E-state index in [0.717, 1.165) is 18.5 Å². The Hall–Kier alpha value is -0.0800. The van der Waals surface area contributed by atoms with E-state index >= 15 is 0 Å². The van der Waals surface area contributed by atoms with Crippen LogP contribution in [0.2, 0.25) is 0 Å². The van der Waals surface area contributed by atoms with E-state index in [9.17, 15) is 0 Å². The molecule has 2 nitrogen and oxygen atoms in total. The Morgan fingerprint density at radius 3 is 2.71 bits per heavy atom. The molecule has 0 unspecified atom stereocenters. The van der Waals surface area contributed by atoms with Gasteiger partial charge in [-0.1, -0.05) is 13.8 Å². The molecule has 1 aliphatic heterocycles. The van der Waals surface area contributed by atoms with Gasteiger partial charge in [0.15, 0.2) is 0 Å². The van der Waals surface area contributed by atoms with Gasteiger partial charge in [0, 0.05) is 25.2 Å². The van der Waals surface area contributed by atoms with E-state index in [2.05, 4.69) is 37.9 Å². The molecule has 0 aromatic heterocycles. The highest BCUT2D eigenvalue weighted by Gasteiger charge is 2.21. The van der Waals surface area contributed by atoms with Crippen LogP contribution in [0.15, 0.2) is 0 Å². The number of hydrogen-bond acceptors (Lipinski definition) is 2. The summed E-state index contributed by atoms with van der Waals surface area (Å²) in [5.41, 5.74) is 0. The molecule has 1 rings (SSSR count). The molecule has 2 atom stereocenters. The Balaban J connectivity index is 2.20. The van der Waals surface area contributed by atoms with Crippen molar-refractivity contribution in [2.45, 2.75) is 52.6 Å². The topological polar surface area (TPSA) is 15.3 Å². The molecule has 0 amide bonds. The molecule has 84 valence electrons. The van der Waals surface area contributed by atoms with Gasteiger partial charge in [-0.2, -0.15) is 0 Å². The van der Waals surface area contributed by atoms with Crippen LogP contribution in [0, 0.1) is 5.92 Å². The van der Waals surface area contributed by atoms with E-state index in [1.165, 1.54) is 25.9 Å². The first kappa shape index (κ1) is 12.0. The van der Waals surface area contributed by atoms with Crippen molar-refractivity contribution in [2.75, 3.05) is 19.6 Å². The summed E-state index contributed by atoms with van der Waals surface area (Å²) >= 11 is 0. The lowest BCUT2D eigenvalue weighted by atomic mass is 10.1. The van der Waals surface area contributed by atoms with Gasteiger partial charge in [0.1, 0.15) is 0 Å². The molecule has 0 spiro atoms. The van der Waals surface area contributed by atoms with Crippen LogP contribution < -0.4 is 5.32 Å². The Kier molecular flexibility index (Phi) is 4.90. The zero-order chi connectivity index (χ0) is 10.6. The third-order valence-corrected chi connectivity index (χ3v) is 3.12. The highest BCUT2D eigenvalue weighted by atomic mass is 15.2. The van der Waals surface area contributed by atoms with Gasteiger partial charge in [-0.15, -0.1) is 0 Å². The first-order valence-electron chi connectivity index (χ1n) is 6.07. The van der Waals surface area contributed by atoms with Crippen LogP contribution in [0.3, 0.4) is 0 Å². The average Bonchev–Trinajstić information content (AvgIpc) is 2.10. The monoisotopic (exact) mass is 198 g/mol. The van der Waals surface area contributed by atoms with Gasteiger partial charge < -0.3 is 5.32 Å². The minimum Gasteiger partial charge on any atom is -0.311 e. The van der Waals surface area contributed by atoms with Gasteiger partial charge in [0.2, 0.25) is 0 Å². The van der Waals surface area contributed by atoms with Crippen molar-refractivity contribution < 1.29 is 0 Å². The number of hydrogen-bond donors (Lipinski definition) is 1. The molecule has 0 aliphatic carbocycles. The molecule has 0 aromatic rings. The van der Waals surface area contributed by atoms with E-state index in [1.807, 2.05) is 0 Å². The fraction of sp³-hybridized carbons (Fsp3) is 1.00. The van der Waals surface area contributed by atoms with Crippen molar-refractivity contribution in [1.82, 2.24) is 10.2 Å². The van der Waals surface area contributed by atoms with E-state index in [4.69, 9.17) is 0 Å². The van der Waals surface area contributed by atoms with Crippen molar-refractivity contribution >= 4 is 0 Å². The zero-order valence-corrected chi connectivity index (χ0v) is 10.2. The summed E-state index contributed by atoms with van der Waals surface area (Å²) in [5, 5.41) is 3.52.